The molecule has 5 nitrogen and oxygen atoms in total. The predicted octanol–water partition coefficient (Wildman–Crippen LogP) is 2.17. The number of carbonyl (C=O) groups excluding carboxylic acids is 1. The second-order valence-electron chi connectivity index (χ2n) is 6.08. The van der Waals surface area contributed by atoms with Crippen LogP contribution in [0.4, 0.5) is 0 Å². The van der Waals surface area contributed by atoms with Crippen LogP contribution in [0.5, 0.6) is 0 Å². The molecule has 0 radical (unpaired) electrons. The minimum atomic E-state index is 0.0974. The van der Waals surface area contributed by atoms with Gasteiger partial charge in [0.05, 0.1) is 11.8 Å². The molecule has 1 amide bonds. The molecular formula is C18H24N4O. The lowest BCUT2D eigenvalue weighted by atomic mass is 10.1. The Morgan fingerprint density at radius 1 is 1.17 bits per heavy atom. The van der Waals surface area contributed by atoms with E-state index in [2.05, 4.69) is 41.2 Å². The van der Waals surface area contributed by atoms with Crippen LogP contribution in [0.15, 0.2) is 36.7 Å². The van der Waals surface area contributed by atoms with E-state index in [1.54, 1.807) is 10.9 Å². The number of aromatic nitrogens is 2. The molecule has 1 aromatic heterocycles. The third kappa shape index (κ3) is 3.62. The molecule has 2 heterocycles. The summed E-state index contributed by atoms with van der Waals surface area (Å²) >= 11 is 0. The number of amides is 1. The van der Waals surface area contributed by atoms with Crippen LogP contribution < -0.4 is 0 Å². The first-order valence-electron chi connectivity index (χ1n) is 8.26. The topological polar surface area (TPSA) is 41.4 Å². The van der Waals surface area contributed by atoms with Crippen LogP contribution in [-0.2, 0) is 13.1 Å². The Morgan fingerprint density at radius 2 is 1.91 bits per heavy atom. The van der Waals surface area contributed by atoms with Gasteiger partial charge in [-0.05, 0) is 25.0 Å². The van der Waals surface area contributed by atoms with E-state index in [0.717, 1.165) is 39.3 Å². The molecule has 1 aliphatic rings. The SMILES string of the molecule is CCn1cc(C(=O)N2CCN(Cc3ccccc3C)CC2)cn1. The summed E-state index contributed by atoms with van der Waals surface area (Å²) in [5.74, 6) is 0.0974. The first-order valence-corrected chi connectivity index (χ1v) is 8.26. The van der Waals surface area contributed by atoms with Crippen molar-refractivity contribution in [1.29, 1.82) is 0 Å². The average Bonchev–Trinajstić information content (AvgIpc) is 3.06. The number of piperazine rings is 1. The maximum Gasteiger partial charge on any atom is 0.257 e. The van der Waals surface area contributed by atoms with E-state index in [0.29, 0.717) is 5.56 Å². The predicted molar refractivity (Wildman–Crippen MR) is 90.3 cm³/mol. The zero-order valence-corrected chi connectivity index (χ0v) is 13.9. The molecule has 1 aliphatic heterocycles. The van der Waals surface area contributed by atoms with Crippen molar-refractivity contribution in [2.45, 2.75) is 26.9 Å². The summed E-state index contributed by atoms with van der Waals surface area (Å²) in [4.78, 5) is 16.9. The smallest absolute Gasteiger partial charge is 0.257 e. The molecule has 0 atom stereocenters. The van der Waals surface area contributed by atoms with E-state index >= 15 is 0 Å². The standard InChI is InChI=1S/C18H24N4O/c1-3-22-14-17(12-19-22)18(23)21-10-8-20(9-11-21)13-16-7-5-4-6-15(16)2/h4-7,12,14H,3,8-11,13H2,1-2H3. The van der Waals surface area contributed by atoms with Crippen molar-refractivity contribution in [2.75, 3.05) is 26.2 Å². The van der Waals surface area contributed by atoms with Gasteiger partial charge in [-0.15, -0.1) is 0 Å². The summed E-state index contributed by atoms with van der Waals surface area (Å²) in [6, 6.07) is 8.51. The normalized spacial score (nSPS) is 15.8. The fourth-order valence-corrected chi connectivity index (χ4v) is 2.97. The van der Waals surface area contributed by atoms with Crippen LogP contribution in [0.1, 0.15) is 28.4 Å². The van der Waals surface area contributed by atoms with Crippen molar-refractivity contribution < 1.29 is 4.79 Å². The van der Waals surface area contributed by atoms with Crippen molar-refractivity contribution >= 4 is 5.91 Å². The van der Waals surface area contributed by atoms with Crippen molar-refractivity contribution in [1.82, 2.24) is 19.6 Å². The van der Waals surface area contributed by atoms with Gasteiger partial charge in [-0.2, -0.15) is 5.10 Å². The molecule has 23 heavy (non-hydrogen) atoms. The molecule has 0 unspecified atom stereocenters. The van der Waals surface area contributed by atoms with Crippen LogP contribution in [0.25, 0.3) is 0 Å². The largest absolute Gasteiger partial charge is 0.336 e. The van der Waals surface area contributed by atoms with Crippen LogP contribution >= 0.6 is 0 Å². The number of carbonyl (C=O) groups is 1. The van der Waals surface area contributed by atoms with Crippen molar-refractivity contribution in [3.63, 3.8) is 0 Å². The van der Waals surface area contributed by atoms with Gasteiger partial charge < -0.3 is 4.90 Å². The number of nitrogens with zero attached hydrogens (tertiary/aromatic N) is 4. The minimum absolute atomic E-state index is 0.0974. The van der Waals surface area contributed by atoms with E-state index < -0.39 is 0 Å². The monoisotopic (exact) mass is 312 g/mol. The van der Waals surface area contributed by atoms with Crippen molar-refractivity contribution in [2.24, 2.45) is 0 Å². The van der Waals surface area contributed by atoms with Crippen LogP contribution in [0, 0.1) is 6.92 Å². The summed E-state index contributed by atoms with van der Waals surface area (Å²) in [5, 5.41) is 4.19. The van der Waals surface area contributed by atoms with Crippen LogP contribution in [0.2, 0.25) is 0 Å². The van der Waals surface area contributed by atoms with Gasteiger partial charge in [-0.25, -0.2) is 0 Å². The number of benzene rings is 1. The second kappa shape index (κ2) is 6.96. The molecule has 3 rings (SSSR count). The Labute approximate surface area is 137 Å². The van der Waals surface area contributed by atoms with Crippen molar-refractivity contribution in [3.05, 3.63) is 53.3 Å². The summed E-state index contributed by atoms with van der Waals surface area (Å²) in [6.07, 6.45) is 3.51. The molecule has 0 aliphatic carbocycles. The highest BCUT2D eigenvalue weighted by Gasteiger charge is 2.23. The van der Waals surface area contributed by atoms with Gasteiger partial charge in [0, 0.05) is 45.5 Å². The first kappa shape index (κ1) is 15.7. The Kier molecular flexibility index (Phi) is 4.76. The molecule has 0 bridgehead atoms. The fraction of sp³-hybridized carbons (Fsp3) is 0.444. The molecule has 0 N–H and O–H groups in total. The quantitative estimate of drug-likeness (QED) is 0.869. The summed E-state index contributed by atoms with van der Waals surface area (Å²) in [7, 11) is 0. The molecule has 2 aromatic rings. The maximum absolute atomic E-state index is 12.5. The molecule has 5 heteroatoms. The van der Waals surface area contributed by atoms with Gasteiger partial charge in [0.1, 0.15) is 0 Å². The maximum atomic E-state index is 12.5. The van der Waals surface area contributed by atoms with Crippen LogP contribution in [-0.4, -0.2) is 51.7 Å². The Balaban J connectivity index is 1.56. The van der Waals surface area contributed by atoms with Crippen LogP contribution in [0.3, 0.4) is 0 Å². The zero-order chi connectivity index (χ0) is 16.2. The summed E-state index contributed by atoms with van der Waals surface area (Å²) in [6.45, 7) is 9.32. The lowest BCUT2D eigenvalue weighted by Crippen LogP contribution is -2.48. The number of rotatable bonds is 4. The summed E-state index contributed by atoms with van der Waals surface area (Å²) in [5.41, 5.74) is 3.40. The number of hydrogen-bond acceptors (Lipinski definition) is 3. The van der Waals surface area contributed by atoms with E-state index in [-0.39, 0.29) is 5.91 Å². The molecule has 1 saturated heterocycles. The minimum Gasteiger partial charge on any atom is -0.336 e. The van der Waals surface area contributed by atoms with E-state index in [9.17, 15) is 4.79 Å². The van der Waals surface area contributed by atoms with E-state index in [1.165, 1.54) is 11.1 Å². The molecule has 122 valence electrons. The highest BCUT2D eigenvalue weighted by molar-refractivity contribution is 5.93. The fourth-order valence-electron chi connectivity index (χ4n) is 2.97. The Bertz CT molecular complexity index is 671. The zero-order valence-electron chi connectivity index (χ0n) is 13.9. The van der Waals surface area contributed by atoms with Gasteiger partial charge in [-0.1, -0.05) is 24.3 Å². The lowest BCUT2D eigenvalue weighted by Gasteiger charge is -2.34. The van der Waals surface area contributed by atoms with Gasteiger partial charge in [0.25, 0.3) is 5.91 Å². The number of aryl methyl sites for hydroxylation is 2. The summed E-state index contributed by atoms with van der Waals surface area (Å²) < 4.78 is 1.79. The van der Waals surface area contributed by atoms with Gasteiger partial charge in [0.2, 0.25) is 0 Å². The molecule has 0 saturated carbocycles. The molecule has 1 fully saturated rings. The molecule has 1 aromatic carbocycles. The van der Waals surface area contributed by atoms with E-state index in [1.807, 2.05) is 18.0 Å². The first-order chi connectivity index (χ1) is 11.2. The third-order valence-electron chi connectivity index (χ3n) is 4.52. The molecular weight excluding hydrogens is 288 g/mol. The van der Waals surface area contributed by atoms with E-state index in [4.69, 9.17) is 0 Å². The Hall–Kier alpha value is -2.14. The molecule has 0 spiro atoms. The average molecular weight is 312 g/mol. The van der Waals surface area contributed by atoms with Gasteiger partial charge in [0.15, 0.2) is 0 Å². The number of hydrogen-bond donors (Lipinski definition) is 0. The van der Waals surface area contributed by atoms with Gasteiger partial charge in [-0.3, -0.25) is 14.4 Å². The highest BCUT2D eigenvalue weighted by Crippen LogP contribution is 2.14. The lowest BCUT2D eigenvalue weighted by molar-refractivity contribution is 0.0628. The van der Waals surface area contributed by atoms with Gasteiger partial charge >= 0.3 is 0 Å². The highest BCUT2D eigenvalue weighted by atomic mass is 16.2. The third-order valence-corrected chi connectivity index (χ3v) is 4.52. The second-order valence-corrected chi connectivity index (χ2v) is 6.08. The Morgan fingerprint density at radius 3 is 2.57 bits per heavy atom. The van der Waals surface area contributed by atoms with Crippen molar-refractivity contribution in [3.8, 4) is 0 Å².